The van der Waals surface area contributed by atoms with Crippen molar-refractivity contribution in [1.82, 2.24) is 15.5 Å². The Morgan fingerprint density at radius 3 is 2.72 bits per heavy atom. The minimum absolute atomic E-state index is 0.0963. The lowest BCUT2D eigenvalue weighted by Gasteiger charge is -2.12. The molecular formula is C21H22ClN3O4. The molecule has 152 valence electrons. The van der Waals surface area contributed by atoms with E-state index >= 15 is 0 Å². The van der Waals surface area contributed by atoms with Crippen molar-refractivity contribution in [2.45, 2.75) is 33.4 Å². The molecule has 0 amide bonds. The van der Waals surface area contributed by atoms with Gasteiger partial charge in [0.05, 0.1) is 17.7 Å². The van der Waals surface area contributed by atoms with Gasteiger partial charge in [0, 0.05) is 17.7 Å². The van der Waals surface area contributed by atoms with Gasteiger partial charge >= 0.3 is 5.97 Å². The molecule has 0 fully saturated rings. The summed E-state index contributed by atoms with van der Waals surface area (Å²) in [5.41, 5.74) is 3.27. The molecule has 0 atom stereocenters. The quantitative estimate of drug-likeness (QED) is 0.565. The highest BCUT2D eigenvalue weighted by atomic mass is 35.5. The molecule has 2 N–H and O–H groups in total. The summed E-state index contributed by atoms with van der Waals surface area (Å²) >= 11 is 6.37. The second kappa shape index (κ2) is 9.07. The van der Waals surface area contributed by atoms with Gasteiger partial charge < -0.3 is 19.7 Å². The van der Waals surface area contributed by atoms with Crippen molar-refractivity contribution >= 4 is 17.6 Å². The number of hydrogen-bond acceptors (Lipinski definition) is 6. The average Bonchev–Trinajstić information content (AvgIpc) is 3.12. The largest absolute Gasteiger partial charge is 0.491 e. The predicted octanol–water partition coefficient (Wildman–Crippen LogP) is 4.33. The van der Waals surface area contributed by atoms with Crippen LogP contribution in [0.15, 0.2) is 40.9 Å². The number of ether oxygens (including phenoxy) is 1. The number of aliphatic carboxylic acids is 1. The number of hydrogen-bond donors (Lipinski definition) is 2. The number of benzene rings is 2. The van der Waals surface area contributed by atoms with Gasteiger partial charge in [-0.15, -0.1) is 0 Å². The van der Waals surface area contributed by atoms with E-state index < -0.39 is 5.97 Å². The maximum atomic E-state index is 10.6. The standard InChI is InChI=1S/C21H22ClN3O4/c1-12(2)28-18-7-5-15(8-13(18)3)21-24-20(25-29-21)16-6-4-14(9-17(16)22)10-23-11-19(26)27/h4-9,12,23H,10-11H2,1-3H3,(H,26,27). The van der Waals surface area contributed by atoms with Crippen LogP contribution in [0.5, 0.6) is 5.75 Å². The zero-order valence-electron chi connectivity index (χ0n) is 16.4. The third-order valence-corrected chi connectivity index (χ3v) is 4.40. The summed E-state index contributed by atoms with van der Waals surface area (Å²) < 4.78 is 11.2. The van der Waals surface area contributed by atoms with E-state index in [1.807, 2.05) is 45.0 Å². The summed E-state index contributed by atoms with van der Waals surface area (Å²) in [5, 5.41) is 16.0. The van der Waals surface area contributed by atoms with E-state index in [2.05, 4.69) is 15.5 Å². The Labute approximate surface area is 173 Å². The second-order valence-electron chi connectivity index (χ2n) is 6.88. The van der Waals surface area contributed by atoms with Crippen LogP contribution in [0.2, 0.25) is 5.02 Å². The zero-order valence-corrected chi connectivity index (χ0v) is 17.2. The Kier molecular flexibility index (Phi) is 6.51. The molecule has 0 bridgehead atoms. The Bertz CT molecular complexity index is 1020. The first-order chi connectivity index (χ1) is 13.8. The smallest absolute Gasteiger partial charge is 0.317 e. The zero-order chi connectivity index (χ0) is 21.0. The number of rotatable bonds is 8. The van der Waals surface area contributed by atoms with E-state index in [4.69, 9.17) is 26.0 Å². The summed E-state index contributed by atoms with van der Waals surface area (Å²) in [6.07, 6.45) is 0.0963. The predicted molar refractivity (Wildman–Crippen MR) is 110 cm³/mol. The fourth-order valence-corrected chi connectivity index (χ4v) is 3.07. The maximum Gasteiger partial charge on any atom is 0.317 e. The SMILES string of the molecule is Cc1cc(-c2nc(-c3ccc(CNCC(=O)O)cc3Cl)no2)ccc1OC(C)C. The maximum absolute atomic E-state index is 10.6. The Hall–Kier alpha value is -2.90. The van der Waals surface area contributed by atoms with Gasteiger partial charge in [-0.2, -0.15) is 4.98 Å². The van der Waals surface area contributed by atoms with Crippen molar-refractivity contribution in [2.24, 2.45) is 0 Å². The molecule has 0 aliphatic carbocycles. The molecule has 1 aromatic heterocycles. The molecule has 3 aromatic rings. The number of nitrogens with zero attached hydrogens (tertiary/aromatic N) is 2. The number of nitrogens with one attached hydrogen (secondary N) is 1. The van der Waals surface area contributed by atoms with Crippen LogP contribution in [-0.2, 0) is 11.3 Å². The molecule has 29 heavy (non-hydrogen) atoms. The van der Waals surface area contributed by atoms with Crippen LogP contribution >= 0.6 is 11.6 Å². The molecule has 0 aliphatic rings. The van der Waals surface area contributed by atoms with E-state index in [0.717, 1.165) is 22.4 Å². The fraction of sp³-hybridized carbons (Fsp3) is 0.286. The van der Waals surface area contributed by atoms with Crippen molar-refractivity contribution in [1.29, 1.82) is 0 Å². The third kappa shape index (κ3) is 5.34. The van der Waals surface area contributed by atoms with Crippen molar-refractivity contribution < 1.29 is 19.2 Å². The van der Waals surface area contributed by atoms with Crippen LogP contribution in [0.1, 0.15) is 25.0 Å². The lowest BCUT2D eigenvalue weighted by Crippen LogP contribution is -2.21. The molecule has 0 saturated carbocycles. The average molecular weight is 416 g/mol. The third-order valence-electron chi connectivity index (χ3n) is 4.09. The molecule has 0 spiro atoms. The highest BCUT2D eigenvalue weighted by Crippen LogP contribution is 2.30. The summed E-state index contributed by atoms with van der Waals surface area (Å²) in [7, 11) is 0. The van der Waals surface area contributed by atoms with Gasteiger partial charge in [0.1, 0.15) is 5.75 Å². The monoisotopic (exact) mass is 415 g/mol. The molecular weight excluding hydrogens is 394 g/mol. The Morgan fingerprint density at radius 1 is 1.28 bits per heavy atom. The van der Waals surface area contributed by atoms with Gasteiger partial charge in [-0.3, -0.25) is 4.79 Å². The van der Waals surface area contributed by atoms with Gasteiger partial charge in [-0.25, -0.2) is 0 Å². The first kappa shape index (κ1) is 20.8. The fourth-order valence-electron chi connectivity index (χ4n) is 2.78. The summed E-state index contributed by atoms with van der Waals surface area (Å²) in [6.45, 7) is 6.21. The van der Waals surface area contributed by atoms with Crippen molar-refractivity contribution in [3.63, 3.8) is 0 Å². The van der Waals surface area contributed by atoms with Crippen molar-refractivity contribution in [3.05, 3.63) is 52.5 Å². The van der Waals surface area contributed by atoms with Crippen LogP contribution in [0.25, 0.3) is 22.8 Å². The molecule has 7 nitrogen and oxygen atoms in total. The summed E-state index contributed by atoms with van der Waals surface area (Å²) in [5.74, 6) is 0.683. The minimum atomic E-state index is -0.911. The molecule has 8 heteroatoms. The van der Waals surface area contributed by atoms with Gasteiger partial charge in [-0.1, -0.05) is 22.8 Å². The highest BCUT2D eigenvalue weighted by Gasteiger charge is 2.15. The van der Waals surface area contributed by atoms with Crippen molar-refractivity contribution in [2.75, 3.05) is 6.54 Å². The van der Waals surface area contributed by atoms with E-state index in [1.54, 1.807) is 12.1 Å². The normalized spacial score (nSPS) is 11.1. The van der Waals surface area contributed by atoms with Crippen LogP contribution in [0.4, 0.5) is 0 Å². The number of carbonyl (C=O) groups is 1. The van der Waals surface area contributed by atoms with Crippen LogP contribution in [0, 0.1) is 6.92 Å². The van der Waals surface area contributed by atoms with Gasteiger partial charge in [0.25, 0.3) is 5.89 Å². The molecule has 0 unspecified atom stereocenters. The van der Waals surface area contributed by atoms with Crippen LogP contribution in [0.3, 0.4) is 0 Å². The summed E-state index contributed by atoms with van der Waals surface area (Å²) in [6, 6.07) is 11.1. The number of carboxylic acid groups (broad SMARTS) is 1. The second-order valence-corrected chi connectivity index (χ2v) is 7.29. The Balaban J connectivity index is 1.77. The molecule has 3 rings (SSSR count). The molecule has 2 aromatic carbocycles. The molecule has 1 heterocycles. The number of halogens is 1. The van der Waals surface area contributed by atoms with Crippen molar-refractivity contribution in [3.8, 4) is 28.6 Å². The first-order valence-electron chi connectivity index (χ1n) is 9.16. The Morgan fingerprint density at radius 2 is 2.07 bits per heavy atom. The lowest BCUT2D eigenvalue weighted by molar-refractivity contribution is -0.135. The lowest BCUT2D eigenvalue weighted by atomic mass is 10.1. The van der Waals surface area contributed by atoms with Gasteiger partial charge in [0.15, 0.2) is 0 Å². The molecule has 0 radical (unpaired) electrons. The first-order valence-corrected chi connectivity index (χ1v) is 9.54. The van der Waals surface area contributed by atoms with Crippen LogP contribution < -0.4 is 10.1 Å². The summed E-state index contributed by atoms with van der Waals surface area (Å²) in [4.78, 5) is 15.0. The molecule has 0 aliphatic heterocycles. The van der Waals surface area contributed by atoms with Gasteiger partial charge in [-0.05, 0) is 62.2 Å². The number of aromatic nitrogens is 2. The van der Waals surface area contributed by atoms with Gasteiger partial charge in [0.2, 0.25) is 5.82 Å². The number of carboxylic acids is 1. The number of aryl methyl sites for hydroxylation is 1. The van der Waals surface area contributed by atoms with E-state index in [0.29, 0.717) is 28.8 Å². The van der Waals surface area contributed by atoms with Crippen LogP contribution in [-0.4, -0.2) is 33.9 Å². The van der Waals surface area contributed by atoms with E-state index in [1.165, 1.54) is 0 Å². The van der Waals surface area contributed by atoms with E-state index in [-0.39, 0.29) is 12.6 Å². The topological polar surface area (TPSA) is 97.5 Å². The minimum Gasteiger partial charge on any atom is -0.491 e. The highest BCUT2D eigenvalue weighted by molar-refractivity contribution is 6.33. The van der Waals surface area contributed by atoms with E-state index in [9.17, 15) is 4.79 Å². The molecule has 0 saturated heterocycles.